The summed E-state index contributed by atoms with van der Waals surface area (Å²) < 4.78 is 24.5. The van der Waals surface area contributed by atoms with Crippen molar-refractivity contribution in [3.63, 3.8) is 0 Å². The van der Waals surface area contributed by atoms with Gasteiger partial charge in [-0.05, 0) is 12.1 Å². The number of anilines is 2. The largest absolute Gasteiger partial charge is 0.393 e. The lowest BCUT2D eigenvalue weighted by molar-refractivity contribution is -0.383. The number of nitrogens with zero attached hydrogens (tertiary/aromatic N) is 2. The first-order valence-electron chi connectivity index (χ1n) is 6.47. The number of nitrogens with two attached hydrogens (primary N) is 1. The minimum Gasteiger partial charge on any atom is -0.393 e. The number of nitro benzene ring substituents is 1. The predicted molar refractivity (Wildman–Crippen MR) is 85.4 cm³/mol. The fourth-order valence-corrected chi connectivity index (χ4v) is 5.31. The SMILES string of the molecule is CCS(=O)(=O)C1CSCCN1c1cccc(N)c1[N+](=O)[O-]. The van der Waals surface area contributed by atoms with E-state index in [2.05, 4.69) is 0 Å². The Morgan fingerprint density at radius 3 is 2.86 bits per heavy atom. The number of hydrogen-bond acceptors (Lipinski definition) is 7. The van der Waals surface area contributed by atoms with E-state index in [1.165, 1.54) is 6.07 Å². The van der Waals surface area contributed by atoms with Gasteiger partial charge < -0.3 is 10.6 Å². The van der Waals surface area contributed by atoms with E-state index in [4.69, 9.17) is 5.73 Å². The zero-order valence-electron chi connectivity index (χ0n) is 11.6. The Hall–Kier alpha value is -1.48. The molecule has 116 valence electrons. The fourth-order valence-electron chi connectivity index (χ4n) is 2.33. The summed E-state index contributed by atoms with van der Waals surface area (Å²) in [6.07, 6.45) is 0. The molecule has 0 radical (unpaired) electrons. The molecular weight excluding hydrogens is 314 g/mol. The van der Waals surface area contributed by atoms with Gasteiger partial charge in [0.05, 0.1) is 4.92 Å². The zero-order valence-corrected chi connectivity index (χ0v) is 13.2. The summed E-state index contributed by atoms with van der Waals surface area (Å²) in [7, 11) is -3.33. The molecule has 1 atom stereocenters. The standard InChI is InChI=1S/C12H17N3O4S2/c1-2-21(18,19)11-8-20-7-6-14(11)10-5-3-4-9(13)12(10)15(16)17/h3-5,11H,2,6-8,13H2,1H3. The average Bonchev–Trinajstić information content (AvgIpc) is 2.46. The topological polar surface area (TPSA) is 107 Å². The van der Waals surface area contributed by atoms with E-state index in [1.807, 2.05) is 0 Å². The van der Waals surface area contributed by atoms with Gasteiger partial charge in [-0.15, -0.1) is 0 Å². The van der Waals surface area contributed by atoms with E-state index in [1.54, 1.807) is 35.7 Å². The van der Waals surface area contributed by atoms with Gasteiger partial charge in [0.2, 0.25) is 0 Å². The molecule has 1 aromatic carbocycles. The Bertz CT molecular complexity index is 648. The summed E-state index contributed by atoms with van der Waals surface area (Å²) >= 11 is 1.54. The molecule has 1 saturated heterocycles. The van der Waals surface area contributed by atoms with Crippen molar-refractivity contribution < 1.29 is 13.3 Å². The van der Waals surface area contributed by atoms with Crippen LogP contribution in [-0.2, 0) is 9.84 Å². The van der Waals surface area contributed by atoms with Crippen LogP contribution in [0.3, 0.4) is 0 Å². The third kappa shape index (κ3) is 3.08. The summed E-state index contributed by atoms with van der Waals surface area (Å²) in [4.78, 5) is 12.3. The van der Waals surface area contributed by atoms with Crippen molar-refractivity contribution in [2.45, 2.75) is 12.3 Å². The summed E-state index contributed by atoms with van der Waals surface area (Å²) in [5, 5.41) is 10.5. The predicted octanol–water partition coefficient (Wildman–Crippen LogP) is 1.49. The number of nitrogen functional groups attached to an aromatic ring is 1. The van der Waals surface area contributed by atoms with Crippen molar-refractivity contribution in [1.82, 2.24) is 0 Å². The van der Waals surface area contributed by atoms with Crippen LogP contribution in [0.5, 0.6) is 0 Å². The van der Waals surface area contributed by atoms with Crippen LogP contribution in [0.1, 0.15) is 6.92 Å². The maximum Gasteiger partial charge on any atom is 0.315 e. The first kappa shape index (κ1) is 15.9. The molecule has 0 aliphatic carbocycles. The fraction of sp³-hybridized carbons (Fsp3) is 0.500. The van der Waals surface area contributed by atoms with Gasteiger partial charge in [0.1, 0.15) is 16.7 Å². The normalized spacial score (nSPS) is 19.5. The lowest BCUT2D eigenvalue weighted by atomic mass is 10.2. The van der Waals surface area contributed by atoms with E-state index >= 15 is 0 Å². The van der Waals surface area contributed by atoms with Crippen molar-refractivity contribution in [3.8, 4) is 0 Å². The van der Waals surface area contributed by atoms with Crippen LogP contribution in [0.4, 0.5) is 17.1 Å². The number of benzene rings is 1. The minimum absolute atomic E-state index is 0.00480. The van der Waals surface area contributed by atoms with E-state index in [0.29, 0.717) is 12.3 Å². The highest BCUT2D eigenvalue weighted by Crippen LogP contribution is 2.37. The molecule has 9 heteroatoms. The molecular formula is C12H17N3O4S2. The Morgan fingerprint density at radius 2 is 2.24 bits per heavy atom. The highest BCUT2D eigenvalue weighted by atomic mass is 32.2. The van der Waals surface area contributed by atoms with Gasteiger partial charge in [-0.3, -0.25) is 10.1 Å². The van der Waals surface area contributed by atoms with Crippen molar-refractivity contribution in [2.24, 2.45) is 0 Å². The van der Waals surface area contributed by atoms with Crippen LogP contribution in [0.2, 0.25) is 0 Å². The molecule has 1 heterocycles. The van der Waals surface area contributed by atoms with Crippen LogP contribution in [0, 0.1) is 10.1 Å². The number of thioether (sulfide) groups is 1. The van der Waals surface area contributed by atoms with Crippen molar-refractivity contribution in [1.29, 1.82) is 0 Å². The molecule has 1 unspecified atom stereocenters. The summed E-state index contributed by atoms with van der Waals surface area (Å²) in [6.45, 7) is 2.03. The maximum atomic E-state index is 12.2. The molecule has 1 aliphatic heterocycles. The number of para-hydroxylation sites is 1. The molecule has 0 spiro atoms. The van der Waals surface area contributed by atoms with Gasteiger partial charge in [0.15, 0.2) is 9.84 Å². The summed E-state index contributed by atoms with van der Waals surface area (Å²) in [5.41, 5.74) is 5.80. The van der Waals surface area contributed by atoms with Gasteiger partial charge in [0, 0.05) is 23.8 Å². The monoisotopic (exact) mass is 331 g/mol. The third-order valence-corrected chi connectivity index (χ3v) is 6.73. The molecule has 0 aromatic heterocycles. The smallest absolute Gasteiger partial charge is 0.315 e. The second kappa shape index (κ2) is 6.10. The molecule has 1 aliphatic rings. The molecule has 1 fully saturated rings. The van der Waals surface area contributed by atoms with E-state index < -0.39 is 20.1 Å². The van der Waals surface area contributed by atoms with Crippen LogP contribution in [0.15, 0.2) is 18.2 Å². The average molecular weight is 331 g/mol. The molecule has 7 nitrogen and oxygen atoms in total. The summed E-state index contributed by atoms with van der Waals surface area (Å²) in [6, 6.07) is 4.61. The van der Waals surface area contributed by atoms with Crippen LogP contribution < -0.4 is 10.6 Å². The Labute approximate surface area is 127 Å². The Balaban J connectivity index is 2.53. The number of nitro groups is 1. The molecule has 2 rings (SSSR count). The maximum absolute atomic E-state index is 12.2. The van der Waals surface area contributed by atoms with Gasteiger partial charge in [-0.1, -0.05) is 13.0 Å². The van der Waals surface area contributed by atoms with Crippen molar-refractivity contribution in [3.05, 3.63) is 28.3 Å². The van der Waals surface area contributed by atoms with Crippen LogP contribution in [-0.4, -0.2) is 42.5 Å². The van der Waals surface area contributed by atoms with Gasteiger partial charge in [-0.2, -0.15) is 11.8 Å². The van der Waals surface area contributed by atoms with E-state index in [-0.39, 0.29) is 22.8 Å². The van der Waals surface area contributed by atoms with Crippen LogP contribution in [0.25, 0.3) is 0 Å². The highest BCUT2D eigenvalue weighted by Gasteiger charge is 2.36. The first-order chi connectivity index (χ1) is 9.88. The molecule has 1 aromatic rings. The lowest BCUT2D eigenvalue weighted by Crippen LogP contribution is -2.48. The Kier molecular flexibility index (Phi) is 4.62. The lowest BCUT2D eigenvalue weighted by Gasteiger charge is -2.36. The number of sulfone groups is 1. The third-order valence-electron chi connectivity index (χ3n) is 3.44. The van der Waals surface area contributed by atoms with Crippen molar-refractivity contribution in [2.75, 3.05) is 34.4 Å². The minimum atomic E-state index is -3.33. The van der Waals surface area contributed by atoms with E-state index in [0.717, 1.165) is 5.75 Å². The van der Waals surface area contributed by atoms with Crippen molar-refractivity contribution >= 4 is 38.7 Å². The van der Waals surface area contributed by atoms with E-state index in [9.17, 15) is 18.5 Å². The molecule has 0 amide bonds. The number of hydrogen-bond donors (Lipinski definition) is 1. The van der Waals surface area contributed by atoms with Gasteiger partial charge in [-0.25, -0.2) is 8.42 Å². The van der Waals surface area contributed by atoms with Crippen LogP contribution >= 0.6 is 11.8 Å². The highest BCUT2D eigenvalue weighted by molar-refractivity contribution is 8.01. The molecule has 21 heavy (non-hydrogen) atoms. The van der Waals surface area contributed by atoms with Gasteiger partial charge in [0.25, 0.3) is 0 Å². The zero-order chi connectivity index (χ0) is 15.6. The second-order valence-corrected chi connectivity index (χ2v) is 8.24. The summed E-state index contributed by atoms with van der Waals surface area (Å²) in [5.74, 6) is 1.13. The first-order valence-corrected chi connectivity index (χ1v) is 9.34. The quantitative estimate of drug-likeness (QED) is 0.506. The molecule has 0 bridgehead atoms. The Morgan fingerprint density at radius 1 is 1.52 bits per heavy atom. The molecule has 2 N–H and O–H groups in total. The second-order valence-electron chi connectivity index (χ2n) is 4.65. The van der Waals surface area contributed by atoms with Gasteiger partial charge >= 0.3 is 5.69 Å². The molecule has 0 saturated carbocycles. The number of rotatable bonds is 4.